The first kappa shape index (κ1) is 12.6. The monoisotopic (exact) mass is 264 g/mol. The average Bonchev–Trinajstić information content (AvgIpc) is 2.76. The minimum absolute atomic E-state index is 0.0358. The van der Waals surface area contributed by atoms with Crippen LogP contribution in [0.5, 0.6) is 0 Å². The Morgan fingerprint density at radius 2 is 1.95 bits per heavy atom. The van der Waals surface area contributed by atoms with Crippen LogP contribution in [0.2, 0.25) is 0 Å². The molecule has 0 saturated carbocycles. The highest BCUT2D eigenvalue weighted by molar-refractivity contribution is 6.39. The van der Waals surface area contributed by atoms with E-state index in [1.807, 2.05) is 11.9 Å². The molecule has 2 unspecified atom stereocenters. The Hall–Kier alpha value is -1.43. The van der Waals surface area contributed by atoms with Crippen LogP contribution in [0, 0.1) is 0 Å². The first-order valence-electron chi connectivity index (χ1n) is 7.02. The van der Waals surface area contributed by atoms with Crippen LogP contribution >= 0.6 is 0 Å². The fourth-order valence-corrected chi connectivity index (χ4v) is 3.34. The highest BCUT2D eigenvalue weighted by Crippen LogP contribution is 2.29. The predicted octanol–water partition coefficient (Wildman–Crippen LogP) is -0.00620. The number of hydrogen-bond acceptors (Lipinski definition) is 4. The van der Waals surface area contributed by atoms with Crippen molar-refractivity contribution in [1.29, 1.82) is 0 Å². The van der Waals surface area contributed by atoms with E-state index < -0.39 is 0 Å². The van der Waals surface area contributed by atoms with Crippen molar-refractivity contribution in [2.45, 2.75) is 56.7 Å². The maximum Gasteiger partial charge on any atom is 0.270 e. The van der Waals surface area contributed by atoms with Gasteiger partial charge in [-0.3, -0.25) is 9.59 Å². The normalized spacial score (nSPS) is 33.6. The molecule has 0 aromatic heterocycles. The molecule has 2 fully saturated rings. The highest BCUT2D eigenvalue weighted by atomic mass is 16.2. The number of nitrogens with zero attached hydrogens (tertiary/aromatic N) is 2. The van der Waals surface area contributed by atoms with Crippen molar-refractivity contribution < 1.29 is 9.59 Å². The first-order chi connectivity index (χ1) is 9.13. The van der Waals surface area contributed by atoms with Gasteiger partial charge >= 0.3 is 0 Å². The summed E-state index contributed by atoms with van der Waals surface area (Å²) < 4.78 is 0. The number of carbonyl (C=O) groups excluding carboxylic acids is 2. The Morgan fingerprint density at radius 3 is 2.53 bits per heavy atom. The van der Waals surface area contributed by atoms with Crippen molar-refractivity contribution in [3.63, 3.8) is 0 Å². The number of rotatable bonds is 2. The van der Waals surface area contributed by atoms with Gasteiger partial charge in [-0.2, -0.15) is 5.10 Å². The van der Waals surface area contributed by atoms with E-state index in [4.69, 9.17) is 0 Å². The van der Waals surface area contributed by atoms with Gasteiger partial charge in [-0.15, -0.1) is 0 Å². The molecule has 0 radical (unpaired) electrons. The molecule has 3 aliphatic rings. The molecule has 2 N–H and O–H groups in total. The minimum atomic E-state index is -0.112. The van der Waals surface area contributed by atoms with Gasteiger partial charge in [0.15, 0.2) is 0 Å². The third kappa shape index (κ3) is 2.49. The summed E-state index contributed by atoms with van der Waals surface area (Å²) in [6, 6.07) is 1.42. The van der Waals surface area contributed by atoms with Gasteiger partial charge in [0.2, 0.25) is 5.91 Å². The Labute approximate surface area is 112 Å². The zero-order valence-corrected chi connectivity index (χ0v) is 11.2. The van der Waals surface area contributed by atoms with Crippen LogP contribution in [-0.4, -0.2) is 47.6 Å². The second-order valence-corrected chi connectivity index (χ2v) is 5.77. The molecule has 0 spiro atoms. The standard InChI is InChI=1S/C13H20N4O2/c1-17(10-6-8-2-3-9(7-10)14-8)13(19)11-4-5-12(18)16-15-11/h8-10,14H,2-7H2,1H3,(H,16,18). The average molecular weight is 264 g/mol. The van der Waals surface area contributed by atoms with E-state index in [0.29, 0.717) is 36.7 Å². The largest absolute Gasteiger partial charge is 0.338 e. The van der Waals surface area contributed by atoms with Crippen LogP contribution in [0.1, 0.15) is 38.5 Å². The van der Waals surface area contributed by atoms with E-state index in [9.17, 15) is 9.59 Å². The van der Waals surface area contributed by atoms with Crippen molar-refractivity contribution in [2.75, 3.05) is 7.05 Å². The lowest BCUT2D eigenvalue weighted by Crippen LogP contribution is -2.50. The fourth-order valence-electron chi connectivity index (χ4n) is 3.34. The molecule has 2 bridgehead atoms. The molecule has 3 aliphatic heterocycles. The predicted molar refractivity (Wildman–Crippen MR) is 70.5 cm³/mol. The quantitative estimate of drug-likeness (QED) is 0.737. The Morgan fingerprint density at radius 1 is 1.26 bits per heavy atom. The van der Waals surface area contributed by atoms with Gasteiger partial charge < -0.3 is 10.2 Å². The number of hydrazone groups is 1. The van der Waals surface area contributed by atoms with Gasteiger partial charge in [0.1, 0.15) is 5.71 Å². The summed E-state index contributed by atoms with van der Waals surface area (Å²) in [5.74, 6) is -0.148. The molecule has 6 heteroatoms. The summed E-state index contributed by atoms with van der Waals surface area (Å²) >= 11 is 0. The number of nitrogens with one attached hydrogen (secondary N) is 2. The van der Waals surface area contributed by atoms with E-state index in [-0.39, 0.29) is 11.8 Å². The molecule has 2 amide bonds. The fraction of sp³-hybridized carbons (Fsp3) is 0.769. The third-order valence-corrected chi connectivity index (χ3v) is 4.47. The summed E-state index contributed by atoms with van der Waals surface area (Å²) in [5.41, 5.74) is 2.87. The molecule has 3 heterocycles. The number of piperidine rings is 1. The highest BCUT2D eigenvalue weighted by Gasteiger charge is 2.37. The maximum atomic E-state index is 12.4. The lowest BCUT2D eigenvalue weighted by molar-refractivity contribution is -0.126. The molecule has 0 aromatic rings. The van der Waals surface area contributed by atoms with Gasteiger partial charge in [-0.25, -0.2) is 5.43 Å². The number of fused-ring (bicyclic) bond motifs is 2. The van der Waals surface area contributed by atoms with Crippen LogP contribution in [0.15, 0.2) is 5.10 Å². The molecule has 104 valence electrons. The molecule has 0 aliphatic carbocycles. The second kappa shape index (κ2) is 4.92. The summed E-state index contributed by atoms with van der Waals surface area (Å²) in [4.78, 5) is 25.2. The van der Waals surface area contributed by atoms with Crippen LogP contribution in [0.3, 0.4) is 0 Å². The van der Waals surface area contributed by atoms with Gasteiger partial charge in [0.25, 0.3) is 5.91 Å². The summed E-state index contributed by atoms with van der Waals surface area (Å²) in [5, 5.41) is 7.46. The molecule has 3 rings (SSSR count). The maximum absolute atomic E-state index is 12.4. The smallest absolute Gasteiger partial charge is 0.270 e. The molecule has 2 atom stereocenters. The van der Waals surface area contributed by atoms with E-state index in [1.165, 1.54) is 12.8 Å². The summed E-state index contributed by atoms with van der Waals surface area (Å²) in [6.07, 6.45) is 5.31. The molecule has 19 heavy (non-hydrogen) atoms. The van der Waals surface area contributed by atoms with Gasteiger partial charge in [0, 0.05) is 38.0 Å². The number of amides is 2. The molecule has 0 aromatic carbocycles. The zero-order chi connectivity index (χ0) is 13.4. The van der Waals surface area contributed by atoms with Crippen molar-refractivity contribution in [3.8, 4) is 0 Å². The minimum Gasteiger partial charge on any atom is -0.338 e. The Balaban J connectivity index is 1.65. The lowest BCUT2D eigenvalue weighted by Gasteiger charge is -2.35. The van der Waals surface area contributed by atoms with Crippen molar-refractivity contribution >= 4 is 17.5 Å². The zero-order valence-electron chi connectivity index (χ0n) is 11.2. The molecular formula is C13H20N4O2. The molecule has 6 nitrogen and oxygen atoms in total. The van der Waals surface area contributed by atoms with E-state index in [1.54, 1.807) is 0 Å². The van der Waals surface area contributed by atoms with Crippen LogP contribution in [0.25, 0.3) is 0 Å². The van der Waals surface area contributed by atoms with Crippen LogP contribution in [-0.2, 0) is 9.59 Å². The number of carbonyl (C=O) groups is 2. The Bertz CT molecular complexity index is 422. The third-order valence-electron chi connectivity index (χ3n) is 4.47. The summed E-state index contributed by atoms with van der Waals surface area (Å²) in [6.45, 7) is 0. The molecule has 2 saturated heterocycles. The van der Waals surface area contributed by atoms with E-state index >= 15 is 0 Å². The van der Waals surface area contributed by atoms with Crippen LogP contribution in [0.4, 0.5) is 0 Å². The summed E-state index contributed by atoms with van der Waals surface area (Å²) in [7, 11) is 1.86. The second-order valence-electron chi connectivity index (χ2n) is 5.77. The topological polar surface area (TPSA) is 73.8 Å². The first-order valence-corrected chi connectivity index (χ1v) is 7.02. The lowest BCUT2D eigenvalue weighted by atomic mass is 9.98. The molecular weight excluding hydrogens is 244 g/mol. The van der Waals surface area contributed by atoms with Crippen LogP contribution < -0.4 is 10.7 Å². The van der Waals surface area contributed by atoms with E-state index in [2.05, 4.69) is 15.8 Å². The number of hydrogen-bond donors (Lipinski definition) is 2. The van der Waals surface area contributed by atoms with Crippen molar-refractivity contribution in [1.82, 2.24) is 15.6 Å². The SMILES string of the molecule is CN(C(=O)C1=NNC(=O)CC1)C1CC2CCC(C1)N2. The Kier molecular flexibility index (Phi) is 3.26. The van der Waals surface area contributed by atoms with Crippen molar-refractivity contribution in [3.05, 3.63) is 0 Å². The van der Waals surface area contributed by atoms with Gasteiger partial charge in [0.05, 0.1) is 0 Å². The van der Waals surface area contributed by atoms with Crippen molar-refractivity contribution in [2.24, 2.45) is 5.10 Å². The van der Waals surface area contributed by atoms with E-state index in [0.717, 1.165) is 12.8 Å². The van der Waals surface area contributed by atoms with Gasteiger partial charge in [-0.1, -0.05) is 0 Å². The van der Waals surface area contributed by atoms with Gasteiger partial charge in [-0.05, 0) is 25.7 Å².